The minimum absolute atomic E-state index is 0.542. The van der Waals surface area contributed by atoms with Crippen molar-refractivity contribution in [1.82, 2.24) is 14.7 Å². The number of nitrogens with two attached hydrogens (primary N) is 1. The number of hydrogen-bond donors (Lipinski definition) is 1. The Bertz CT molecular complexity index is 486. The number of rotatable bonds is 2. The van der Waals surface area contributed by atoms with E-state index in [2.05, 4.69) is 34.3 Å². The Morgan fingerprint density at radius 1 is 1.39 bits per heavy atom. The molecule has 2 aliphatic rings. The van der Waals surface area contributed by atoms with Crippen LogP contribution in [0.2, 0.25) is 0 Å². The van der Waals surface area contributed by atoms with Crippen molar-refractivity contribution in [3.05, 3.63) is 36.1 Å². The molecule has 0 saturated carbocycles. The first-order valence-electron chi connectivity index (χ1n) is 6.61. The number of allylic oxidation sites excluding steroid dienone is 2. The van der Waals surface area contributed by atoms with E-state index in [9.17, 15) is 0 Å². The van der Waals surface area contributed by atoms with Crippen molar-refractivity contribution in [2.24, 2.45) is 13.0 Å². The van der Waals surface area contributed by atoms with E-state index in [1.165, 1.54) is 18.5 Å². The van der Waals surface area contributed by atoms with Gasteiger partial charge in [0, 0.05) is 25.7 Å². The van der Waals surface area contributed by atoms with E-state index in [0.29, 0.717) is 17.8 Å². The predicted molar refractivity (Wildman–Crippen MR) is 72.8 cm³/mol. The fraction of sp³-hybridized carbons (Fsp3) is 0.500. The highest BCUT2D eigenvalue weighted by atomic mass is 15.3. The zero-order chi connectivity index (χ0) is 12.5. The summed E-state index contributed by atoms with van der Waals surface area (Å²) in [4.78, 5) is 2.53. The van der Waals surface area contributed by atoms with Gasteiger partial charge in [-0.3, -0.25) is 9.58 Å². The molecule has 0 spiro atoms. The van der Waals surface area contributed by atoms with E-state index in [0.717, 1.165) is 13.1 Å². The van der Waals surface area contributed by atoms with Crippen LogP contribution in [0.15, 0.2) is 30.4 Å². The van der Waals surface area contributed by atoms with E-state index in [1.807, 2.05) is 17.8 Å². The van der Waals surface area contributed by atoms with Crippen LogP contribution in [0.3, 0.4) is 0 Å². The van der Waals surface area contributed by atoms with Gasteiger partial charge in [-0.05, 0) is 25.3 Å². The van der Waals surface area contributed by atoms with Gasteiger partial charge in [0.05, 0.1) is 5.69 Å². The molecule has 2 heterocycles. The molecule has 2 N–H and O–H groups in total. The Labute approximate surface area is 108 Å². The quantitative estimate of drug-likeness (QED) is 0.861. The number of nitrogens with zero attached hydrogens (tertiary/aromatic N) is 3. The molecule has 0 unspecified atom stereocenters. The van der Waals surface area contributed by atoms with Crippen molar-refractivity contribution >= 4 is 5.82 Å². The lowest BCUT2D eigenvalue weighted by Gasteiger charge is -2.39. The van der Waals surface area contributed by atoms with Crippen molar-refractivity contribution < 1.29 is 0 Å². The van der Waals surface area contributed by atoms with E-state index in [1.54, 1.807) is 0 Å². The molecule has 96 valence electrons. The fourth-order valence-corrected chi connectivity index (χ4v) is 3.05. The minimum Gasteiger partial charge on any atom is -0.382 e. The highest BCUT2D eigenvalue weighted by Crippen LogP contribution is 2.29. The Kier molecular flexibility index (Phi) is 2.96. The zero-order valence-electron chi connectivity index (χ0n) is 10.8. The molecule has 3 rings (SSSR count). The molecule has 1 aliphatic heterocycles. The third kappa shape index (κ3) is 2.08. The molecule has 0 aromatic carbocycles. The first kappa shape index (κ1) is 11.5. The van der Waals surface area contributed by atoms with Gasteiger partial charge in [0.15, 0.2) is 0 Å². The average Bonchev–Trinajstić information content (AvgIpc) is 2.68. The monoisotopic (exact) mass is 244 g/mol. The molecule has 0 bridgehead atoms. The third-order valence-electron chi connectivity index (χ3n) is 3.98. The first-order valence-corrected chi connectivity index (χ1v) is 6.61. The van der Waals surface area contributed by atoms with Crippen LogP contribution in [0.1, 0.15) is 18.5 Å². The maximum absolute atomic E-state index is 5.74. The standard InChI is InChI=1S/C14H20N4/c1-17-12(9-14(15)16-17)10-18-8-4-6-11-5-2-3-7-13(11)18/h2-3,5,7,9,11,13H,4,6,8,10H2,1H3,(H2,15,16)/t11-,13+/m1/s1. The van der Waals surface area contributed by atoms with E-state index in [-0.39, 0.29) is 0 Å². The number of piperidine rings is 1. The lowest BCUT2D eigenvalue weighted by Crippen LogP contribution is -2.43. The van der Waals surface area contributed by atoms with Crippen molar-refractivity contribution in [1.29, 1.82) is 0 Å². The third-order valence-corrected chi connectivity index (χ3v) is 3.98. The summed E-state index contributed by atoms with van der Waals surface area (Å²) in [6.07, 6.45) is 11.6. The summed E-state index contributed by atoms with van der Waals surface area (Å²) >= 11 is 0. The van der Waals surface area contributed by atoms with Crippen molar-refractivity contribution in [2.75, 3.05) is 12.3 Å². The summed E-state index contributed by atoms with van der Waals surface area (Å²) in [7, 11) is 1.96. The molecule has 4 heteroatoms. The summed E-state index contributed by atoms with van der Waals surface area (Å²) in [5.41, 5.74) is 6.93. The molecule has 1 aromatic rings. The van der Waals surface area contributed by atoms with E-state index >= 15 is 0 Å². The molecule has 1 fully saturated rings. The minimum atomic E-state index is 0.542. The lowest BCUT2D eigenvalue weighted by atomic mass is 9.86. The highest BCUT2D eigenvalue weighted by molar-refractivity contribution is 5.29. The summed E-state index contributed by atoms with van der Waals surface area (Å²) in [5, 5.41) is 4.22. The SMILES string of the molecule is Cn1nc(N)cc1CN1CCC[C@H]2C=CC=C[C@@H]21. The van der Waals surface area contributed by atoms with Gasteiger partial charge in [-0.15, -0.1) is 0 Å². The Morgan fingerprint density at radius 3 is 3.00 bits per heavy atom. The summed E-state index contributed by atoms with van der Waals surface area (Å²) in [5.74, 6) is 1.29. The van der Waals surface area contributed by atoms with Crippen LogP contribution in [0.4, 0.5) is 5.82 Å². The van der Waals surface area contributed by atoms with Crippen molar-refractivity contribution in [2.45, 2.75) is 25.4 Å². The molecule has 4 nitrogen and oxygen atoms in total. The second kappa shape index (κ2) is 4.61. The van der Waals surface area contributed by atoms with Gasteiger partial charge in [0.25, 0.3) is 0 Å². The van der Waals surface area contributed by atoms with Gasteiger partial charge in [0.1, 0.15) is 5.82 Å². The van der Waals surface area contributed by atoms with Gasteiger partial charge >= 0.3 is 0 Å². The summed E-state index contributed by atoms with van der Waals surface area (Å²) in [6.45, 7) is 2.09. The zero-order valence-corrected chi connectivity index (χ0v) is 10.8. The van der Waals surface area contributed by atoms with Crippen LogP contribution in [-0.4, -0.2) is 27.3 Å². The Hall–Kier alpha value is -1.55. The molecule has 0 radical (unpaired) electrons. The average molecular weight is 244 g/mol. The van der Waals surface area contributed by atoms with Gasteiger partial charge in [0.2, 0.25) is 0 Å². The molecular formula is C14H20N4. The lowest BCUT2D eigenvalue weighted by molar-refractivity contribution is 0.134. The maximum Gasteiger partial charge on any atom is 0.145 e. The van der Waals surface area contributed by atoms with Gasteiger partial charge in [-0.1, -0.05) is 24.3 Å². The number of likely N-dealkylation sites (tertiary alicyclic amines) is 1. The first-order chi connectivity index (χ1) is 8.74. The van der Waals surface area contributed by atoms with Crippen molar-refractivity contribution in [3.63, 3.8) is 0 Å². The fourth-order valence-electron chi connectivity index (χ4n) is 3.05. The van der Waals surface area contributed by atoms with Gasteiger partial charge < -0.3 is 5.73 Å². The second-order valence-electron chi connectivity index (χ2n) is 5.22. The Balaban J connectivity index is 1.77. The highest BCUT2D eigenvalue weighted by Gasteiger charge is 2.29. The van der Waals surface area contributed by atoms with Crippen LogP contribution < -0.4 is 5.73 Å². The van der Waals surface area contributed by atoms with Crippen LogP contribution in [0.5, 0.6) is 0 Å². The van der Waals surface area contributed by atoms with Crippen LogP contribution in [0.25, 0.3) is 0 Å². The van der Waals surface area contributed by atoms with Crippen molar-refractivity contribution in [3.8, 4) is 0 Å². The smallest absolute Gasteiger partial charge is 0.145 e. The topological polar surface area (TPSA) is 47.1 Å². The molecule has 2 atom stereocenters. The normalized spacial score (nSPS) is 27.4. The number of fused-ring (bicyclic) bond motifs is 1. The molecule has 18 heavy (non-hydrogen) atoms. The van der Waals surface area contributed by atoms with Crippen LogP contribution >= 0.6 is 0 Å². The molecular weight excluding hydrogens is 224 g/mol. The summed E-state index contributed by atoms with van der Waals surface area (Å²) < 4.78 is 1.89. The molecule has 0 amide bonds. The van der Waals surface area contributed by atoms with Crippen LogP contribution in [-0.2, 0) is 13.6 Å². The number of nitrogen functional groups attached to an aromatic ring is 1. The predicted octanol–water partition coefficient (Wildman–Crippen LogP) is 1.71. The van der Waals surface area contributed by atoms with Gasteiger partial charge in [-0.25, -0.2) is 0 Å². The van der Waals surface area contributed by atoms with E-state index < -0.39 is 0 Å². The Morgan fingerprint density at radius 2 is 2.22 bits per heavy atom. The number of hydrogen-bond acceptors (Lipinski definition) is 3. The summed E-state index contributed by atoms with van der Waals surface area (Å²) in [6, 6.07) is 2.52. The molecule has 1 aromatic heterocycles. The number of anilines is 1. The van der Waals surface area contributed by atoms with E-state index in [4.69, 9.17) is 5.73 Å². The number of aryl methyl sites for hydroxylation is 1. The molecule has 1 saturated heterocycles. The number of aromatic nitrogens is 2. The largest absolute Gasteiger partial charge is 0.382 e. The van der Waals surface area contributed by atoms with Crippen LogP contribution in [0, 0.1) is 5.92 Å². The maximum atomic E-state index is 5.74. The molecule has 1 aliphatic carbocycles. The second-order valence-corrected chi connectivity index (χ2v) is 5.22. The van der Waals surface area contributed by atoms with Gasteiger partial charge in [-0.2, -0.15) is 5.10 Å².